The fourth-order valence-corrected chi connectivity index (χ4v) is 8.40. The quantitative estimate of drug-likeness (QED) is 0.224. The number of hydrogen-bond acceptors (Lipinski definition) is 10. The van der Waals surface area contributed by atoms with Crippen molar-refractivity contribution in [2.45, 2.75) is 90.1 Å². The van der Waals surface area contributed by atoms with Gasteiger partial charge in [-0.1, -0.05) is 13.8 Å². The highest BCUT2D eigenvalue weighted by atomic mass is 32.1. The Balaban J connectivity index is 1.20. The number of hydrogen-bond donors (Lipinski definition) is 4. The zero-order valence-electron chi connectivity index (χ0n) is 23.9. The van der Waals surface area contributed by atoms with Crippen LogP contribution in [-0.2, 0) is 38.5 Å². The Morgan fingerprint density at radius 1 is 0.750 bits per heavy atom. The second-order valence-corrected chi connectivity index (χ2v) is 13.5. The summed E-state index contributed by atoms with van der Waals surface area (Å²) in [6.07, 6.45) is 9.68. The van der Waals surface area contributed by atoms with E-state index >= 15 is 0 Å². The van der Waals surface area contributed by atoms with Crippen LogP contribution in [0.15, 0.2) is 12.1 Å². The van der Waals surface area contributed by atoms with Gasteiger partial charge >= 0.3 is 0 Å². The normalized spacial score (nSPS) is 18.8. The summed E-state index contributed by atoms with van der Waals surface area (Å²) in [7, 11) is 0. The lowest BCUT2D eigenvalue weighted by molar-refractivity contribution is 0.181. The van der Waals surface area contributed by atoms with E-state index < -0.39 is 0 Å². The summed E-state index contributed by atoms with van der Waals surface area (Å²) in [4.78, 5) is 16.7. The highest BCUT2D eigenvalue weighted by Crippen LogP contribution is 2.33. The zero-order valence-corrected chi connectivity index (χ0v) is 25.5. The third-order valence-electron chi connectivity index (χ3n) is 8.53. The van der Waals surface area contributed by atoms with Crippen LogP contribution in [0, 0.1) is 0 Å². The number of rotatable bonds is 12. The first-order valence-electron chi connectivity index (χ1n) is 14.8. The van der Waals surface area contributed by atoms with Crippen molar-refractivity contribution in [1.29, 1.82) is 0 Å². The fourth-order valence-electron chi connectivity index (χ4n) is 6.50. The van der Waals surface area contributed by atoms with Crippen LogP contribution in [0.2, 0.25) is 0 Å². The average Bonchev–Trinajstić information content (AvgIpc) is 3.50. The summed E-state index contributed by atoms with van der Waals surface area (Å²) < 4.78 is 0. The molecule has 0 saturated carbocycles. The second-order valence-electron chi connectivity index (χ2n) is 11.3. The molecular weight excluding hydrogens is 541 g/mol. The summed E-state index contributed by atoms with van der Waals surface area (Å²) in [5.41, 5.74) is 15.9. The first kappa shape index (κ1) is 29.1. The number of anilines is 2. The van der Waals surface area contributed by atoms with E-state index in [1.165, 1.54) is 21.1 Å². The standard InChI is InChI=1S/C30H44N6O2S2/c1-3-11-35(21-5-7-23-27(17-21)39-29(31)33-23)13-9-19-15-26(38)20(16-25(19)37)10-14-36(12-4-2)22-6-8-24-28(18-22)40-30(32)34-24/h15-16,21-22,37-38H,3-14,17-18H2,1-2H3,(H2,31,33)(H2,32,34). The van der Waals surface area contributed by atoms with Gasteiger partial charge in [-0.3, -0.25) is 9.80 Å². The number of aromatic nitrogens is 2. The zero-order chi connectivity index (χ0) is 28.2. The van der Waals surface area contributed by atoms with Crippen molar-refractivity contribution in [2.75, 3.05) is 37.6 Å². The lowest BCUT2D eigenvalue weighted by Gasteiger charge is -2.34. The van der Waals surface area contributed by atoms with Crippen LogP contribution in [0.3, 0.4) is 0 Å². The van der Waals surface area contributed by atoms with Gasteiger partial charge in [0.2, 0.25) is 0 Å². The lowest BCUT2D eigenvalue weighted by atomic mass is 9.95. The third kappa shape index (κ3) is 6.73. The molecule has 0 spiro atoms. The van der Waals surface area contributed by atoms with Crippen molar-refractivity contribution in [3.05, 3.63) is 44.4 Å². The van der Waals surface area contributed by atoms with E-state index in [1.807, 2.05) is 0 Å². The average molecular weight is 585 g/mol. The number of nitrogens with zero attached hydrogens (tertiary/aromatic N) is 4. The van der Waals surface area contributed by atoms with Crippen molar-refractivity contribution in [1.82, 2.24) is 19.8 Å². The molecule has 218 valence electrons. The molecule has 2 atom stereocenters. The predicted molar refractivity (Wildman–Crippen MR) is 166 cm³/mol. The highest BCUT2D eigenvalue weighted by molar-refractivity contribution is 7.15. The molecular formula is C30H44N6O2S2. The Bertz CT molecular complexity index is 1190. The molecule has 0 bridgehead atoms. The second kappa shape index (κ2) is 13.1. The number of benzene rings is 1. The monoisotopic (exact) mass is 584 g/mol. The van der Waals surface area contributed by atoms with Crippen LogP contribution in [0.5, 0.6) is 11.5 Å². The number of phenols is 2. The van der Waals surface area contributed by atoms with Gasteiger partial charge in [0, 0.05) is 34.9 Å². The molecule has 0 fully saturated rings. The van der Waals surface area contributed by atoms with Crippen LogP contribution >= 0.6 is 22.7 Å². The van der Waals surface area contributed by atoms with E-state index in [0.717, 1.165) is 88.7 Å². The number of thiazole rings is 2. The minimum atomic E-state index is 0.287. The molecule has 0 saturated heterocycles. The summed E-state index contributed by atoms with van der Waals surface area (Å²) in [6.45, 7) is 8.16. The lowest BCUT2D eigenvalue weighted by Crippen LogP contribution is -2.41. The minimum absolute atomic E-state index is 0.287. The van der Waals surface area contributed by atoms with E-state index in [2.05, 4.69) is 33.6 Å². The molecule has 0 amide bonds. The van der Waals surface area contributed by atoms with Gasteiger partial charge in [-0.15, -0.1) is 22.7 Å². The minimum Gasteiger partial charge on any atom is -0.508 e. The molecule has 6 N–H and O–H groups in total. The van der Waals surface area contributed by atoms with Gasteiger partial charge in [-0.2, -0.15) is 0 Å². The summed E-state index contributed by atoms with van der Waals surface area (Å²) in [5, 5.41) is 23.2. The van der Waals surface area contributed by atoms with E-state index in [-0.39, 0.29) is 11.5 Å². The molecule has 0 aliphatic heterocycles. The first-order valence-corrected chi connectivity index (χ1v) is 16.5. The molecule has 0 radical (unpaired) electrons. The number of nitrogen functional groups attached to an aromatic ring is 2. The molecule has 2 heterocycles. The Morgan fingerprint density at radius 2 is 1.18 bits per heavy atom. The third-order valence-corrected chi connectivity index (χ3v) is 10.4. The smallest absolute Gasteiger partial charge is 0.180 e. The largest absolute Gasteiger partial charge is 0.508 e. The molecule has 2 aliphatic carbocycles. The summed E-state index contributed by atoms with van der Waals surface area (Å²) in [6, 6.07) is 4.50. The molecule has 2 aliphatic rings. The number of phenolic OH excluding ortho intramolecular Hbond substituents is 2. The summed E-state index contributed by atoms with van der Waals surface area (Å²) in [5.74, 6) is 0.574. The maximum atomic E-state index is 10.9. The van der Waals surface area contributed by atoms with E-state index in [1.54, 1.807) is 34.8 Å². The van der Waals surface area contributed by atoms with E-state index in [9.17, 15) is 10.2 Å². The Morgan fingerprint density at radius 3 is 1.57 bits per heavy atom. The predicted octanol–water partition coefficient (Wildman–Crippen LogP) is 4.80. The van der Waals surface area contributed by atoms with E-state index in [4.69, 9.17) is 11.5 Å². The van der Waals surface area contributed by atoms with Crippen molar-refractivity contribution >= 4 is 32.9 Å². The number of fused-ring (bicyclic) bond motifs is 2. The van der Waals surface area contributed by atoms with Crippen LogP contribution < -0.4 is 11.5 Å². The van der Waals surface area contributed by atoms with Gasteiger partial charge in [-0.25, -0.2) is 9.97 Å². The van der Waals surface area contributed by atoms with Gasteiger partial charge in [0.05, 0.1) is 11.4 Å². The molecule has 2 aromatic heterocycles. The van der Waals surface area contributed by atoms with Crippen molar-refractivity contribution in [3.8, 4) is 11.5 Å². The molecule has 1 aromatic carbocycles. The number of aromatic hydroxyl groups is 2. The Kier molecular flexibility index (Phi) is 9.50. The topological polar surface area (TPSA) is 125 Å². The van der Waals surface area contributed by atoms with E-state index in [0.29, 0.717) is 35.2 Å². The van der Waals surface area contributed by atoms with Gasteiger partial charge in [0.15, 0.2) is 10.3 Å². The number of aryl methyl sites for hydroxylation is 2. The van der Waals surface area contributed by atoms with Gasteiger partial charge in [-0.05, 0) is 101 Å². The molecule has 3 aromatic rings. The fraction of sp³-hybridized carbons (Fsp3) is 0.600. The van der Waals surface area contributed by atoms with Gasteiger partial charge in [0.25, 0.3) is 0 Å². The van der Waals surface area contributed by atoms with Crippen molar-refractivity contribution in [2.24, 2.45) is 0 Å². The Labute approximate surface area is 246 Å². The number of nitrogens with two attached hydrogens (primary N) is 2. The molecule has 10 heteroatoms. The van der Waals surface area contributed by atoms with Crippen LogP contribution in [0.4, 0.5) is 10.3 Å². The van der Waals surface area contributed by atoms with Crippen LogP contribution in [-0.4, -0.2) is 68.2 Å². The SMILES string of the molecule is CCCN(CCc1cc(O)c(CCN(CCC)C2CCc3nc(N)sc3C2)cc1O)C1CCc2nc(N)sc2C1. The molecule has 40 heavy (non-hydrogen) atoms. The first-order chi connectivity index (χ1) is 19.3. The molecule has 2 unspecified atom stereocenters. The maximum absolute atomic E-state index is 10.9. The van der Waals surface area contributed by atoms with Gasteiger partial charge in [0.1, 0.15) is 11.5 Å². The van der Waals surface area contributed by atoms with Crippen LogP contribution in [0.25, 0.3) is 0 Å². The van der Waals surface area contributed by atoms with Crippen molar-refractivity contribution in [3.63, 3.8) is 0 Å². The van der Waals surface area contributed by atoms with Crippen molar-refractivity contribution < 1.29 is 10.2 Å². The molecule has 8 nitrogen and oxygen atoms in total. The van der Waals surface area contributed by atoms with Crippen LogP contribution in [0.1, 0.15) is 71.8 Å². The highest BCUT2D eigenvalue weighted by Gasteiger charge is 2.28. The maximum Gasteiger partial charge on any atom is 0.180 e. The summed E-state index contributed by atoms with van der Waals surface area (Å²) >= 11 is 3.25. The van der Waals surface area contributed by atoms with Gasteiger partial charge < -0.3 is 21.7 Å². The molecule has 5 rings (SSSR count). The Hall–Kier alpha value is -2.40.